The molecule has 0 atom stereocenters. The Labute approximate surface area is 138 Å². The molecular weight excluding hydrogens is 260 g/mol. The first-order valence-corrected chi connectivity index (χ1v) is 6.64. The van der Waals surface area contributed by atoms with Crippen LogP contribution in [0.15, 0.2) is 48.8 Å². The van der Waals surface area contributed by atoms with E-state index in [1.807, 2.05) is 0 Å². The molecule has 0 aliphatic heterocycles. The number of hydrogen-bond acceptors (Lipinski definition) is 2. The van der Waals surface area contributed by atoms with Crippen LogP contribution in [0, 0.1) is 12.7 Å². The Balaban J connectivity index is 0.000000715. The van der Waals surface area contributed by atoms with Crippen LogP contribution in [0.3, 0.4) is 0 Å². The Hall–Kier alpha value is -1.43. The molecule has 0 spiro atoms. The topological polar surface area (TPSA) is 30.0 Å². The third kappa shape index (κ3) is 7.80. The number of carbonyl (C=O) groups is 1. The quantitative estimate of drug-likeness (QED) is 0.479. The van der Waals surface area contributed by atoms with Gasteiger partial charge in [-0.3, -0.25) is 9.78 Å². The van der Waals surface area contributed by atoms with Gasteiger partial charge in [-0.15, -0.1) is 0 Å². The van der Waals surface area contributed by atoms with Crippen LogP contribution >= 0.6 is 0 Å². The SMILES string of the molecule is O=C(Cc1ccncc1)c1ccc(F)cc1.[CH2-]CCC.[Li+]. The van der Waals surface area contributed by atoms with Gasteiger partial charge < -0.3 is 6.92 Å². The molecule has 2 nitrogen and oxygen atoms in total. The first kappa shape index (κ1) is 19.6. The predicted molar refractivity (Wildman–Crippen MR) is 78.9 cm³/mol. The van der Waals surface area contributed by atoms with Crippen LogP contribution < -0.4 is 18.9 Å². The predicted octanol–water partition coefficient (Wildman–Crippen LogP) is 1.27. The molecule has 0 saturated heterocycles. The van der Waals surface area contributed by atoms with E-state index in [1.54, 1.807) is 24.5 Å². The largest absolute Gasteiger partial charge is 1.00 e. The number of rotatable bonds is 4. The second-order valence-corrected chi connectivity index (χ2v) is 4.32. The molecule has 1 aromatic heterocycles. The Morgan fingerprint density at radius 1 is 1.14 bits per heavy atom. The van der Waals surface area contributed by atoms with Crippen LogP contribution in [0.1, 0.15) is 35.7 Å². The molecule has 0 radical (unpaired) electrons. The Morgan fingerprint density at radius 2 is 1.67 bits per heavy atom. The van der Waals surface area contributed by atoms with Gasteiger partial charge in [0.25, 0.3) is 0 Å². The van der Waals surface area contributed by atoms with E-state index < -0.39 is 0 Å². The number of aromatic nitrogens is 1. The zero-order chi connectivity index (χ0) is 14.8. The van der Waals surface area contributed by atoms with Crippen LogP contribution in [-0.2, 0) is 6.42 Å². The summed E-state index contributed by atoms with van der Waals surface area (Å²) < 4.78 is 12.7. The average Bonchev–Trinajstić information content (AvgIpc) is 2.49. The maximum absolute atomic E-state index is 12.7. The van der Waals surface area contributed by atoms with Crippen LogP contribution in [0.25, 0.3) is 0 Å². The van der Waals surface area contributed by atoms with Crippen molar-refractivity contribution >= 4 is 5.78 Å². The molecule has 0 saturated carbocycles. The molecule has 0 aliphatic rings. The molecule has 2 rings (SSSR count). The smallest absolute Gasteiger partial charge is 0.343 e. The fourth-order valence-corrected chi connectivity index (χ4v) is 1.42. The molecule has 4 heteroatoms. The van der Waals surface area contributed by atoms with Gasteiger partial charge in [-0.25, -0.2) is 4.39 Å². The number of unbranched alkanes of at least 4 members (excludes halogenated alkanes) is 1. The van der Waals surface area contributed by atoms with Crippen molar-refractivity contribution in [2.24, 2.45) is 0 Å². The summed E-state index contributed by atoms with van der Waals surface area (Å²) in [6.07, 6.45) is 5.88. The standard InChI is InChI=1S/C13H10FNO.C4H9.Li/c14-12-3-1-11(2-4-12)13(16)9-10-5-7-15-8-6-10;1-3-4-2;/h1-8H,9H2;1,3-4H2,2H3;/q;-1;+1. The van der Waals surface area contributed by atoms with E-state index in [9.17, 15) is 9.18 Å². The molecule has 0 unspecified atom stereocenters. The minimum Gasteiger partial charge on any atom is -0.343 e. The van der Waals surface area contributed by atoms with Crippen molar-refractivity contribution < 1.29 is 28.0 Å². The Kier molecular flexibility index (Phi) is 10.5. The first-order valence-electron chi connectivity index (χ1n) is 6.64. The van der Waals surface area contributed by atoms with Crippen molar-refractivity contribution in [2.75, 3.05) is 0 Å². The molecule has 0 aliphatic carbocycles. The first-order chi connectivity index (χ1) is 9.67. The Bertz CT molecular complexity index is 512. The fourth-order valence-electron chi connectivity index (χ4n) is 1.42. The molecule has 0 bridgehead atoms. The molecule has 0 fully saturated rings. The number of pyridine rings is 1. The summed E-state index contributed by atoms with van der Waals surface area (Å²) in [4.78, 5) is 15.7. The van der Waals surface area contributed by atoms with E-state index in [0.717, 1.165) is 12.0 Å². The van der Waals surface area contributed by atoms with Gasteiger partial charge in [0.15, 0.2) is 5.78 Å². The van der Waals surface area contributed by atoms with Crippen molar-refractivity contribution in [1.29, 1.82) is 0 Å². The third-order valence-electron chi connectivity index (χ3n) is 2.63. The molecule has 0 amide bonds. The molecule has 2 aromatic rings. The minimum absolute atomic E-state index is 0. The van der Waals surface area contributed by atoms with Crippen molar-refractivity contribution in [2.45, 2.75) is 26.2 Å². The summed E-state index contributed by atoms with van der Waals surface area (Å²) >= 11 is 0. The van der Waals surface area contributed by atoms with Gasteiger partial charge in [-0.1, -0.05) is 13.3 Å². The van der Waals surface area contributed by atoms with Gasteiger partial charge in [0.2, 0.25) is 0 Å². The van der Waals surface area contributed by atoms with Crippen LogP contribution in [0.5, 0.6) is 0 Å². The molecule has 106 valence electrons. The average molecular weight is 279 g/mol. The fraction of sp³-hybridized carbons (Fsp3) is 0.235. The maximum atomic E-state index is 12.7. The Morgan fingerprint density at radius 3 is 2.14 bits per heavy atom. The van der Waals surface area contributed by atoms with E-state index in [4.69, 9.17) is 0 Å². The third-order valence-corrected chi connectivity index (χ3v) is 2.63. The van der Waals surface area contributed by atoms with Gasteiger partial charge >= 0.3 is 18.9 Å². The van der Waals surface area contributed by atoms with E-state index >= 15 is 0 Å². The van der Waals surface area contributed by atoms with Crippen molar-refractivity contribution in [3.05, 3.63) is 72.7 Å². The number of nitrogens with zero attached hydrogens (tertiary/aromatic N) is 1. The van der Waals surface area contributed by atoms with Gasteiger partial charge in [-0.2, -0.15) is 6.42 Å². The van der Waals surface area contributed by atoms with Crippen molar-refractivity contribution in [3.63, 3.8) is 0 Å². The number of carbonyl (C=O) groups excluding carboxylic acids is 1. The second kappa shape index (κ2) is 11.3. The molecular formula is C17H19FLiNO. The zero-order valence-corrected chi connectivity index (χ0v) is 12.7. The van der Waals surface area contributed by atoms with Crippen LogP contribution in [0.2, 0.25) is 0 Å². The van der Waals surface area contributed by atoms with E-state index in [2.05, 4.69) is 18.8 Å². The van der Waals surface area contributed by atoms with Gasteiger partial charge in [0.05, 0.1) is 0 Å². The maximum Gasteiger partial charge on any atom is 1.00 e. The monoisotopic (exact) mass is 279 g/mol. The number of benzene rings is 1. The van der Waals surface area contributed by atoms with Crippen LogP contribution in [0.4, 0.5) is 4.39 Å². The van der Waals surface area contributed by atoms with E-state index in [1.165, 1.54) is 30.7 Å². The summed E-state index contributed by atoms with van der Waals surface area (Å²) in [6, 6.07) is 9.17. The molecule has 1 heterocycles. The van der Waals surface area contributed by atoms with Gasteiger partial charge in [0.1, 0.15) is 5.82 Å². The summed E-state index contributed by atoms with van der Waals surface area (Å²) in [5.74, 6) is -0.355. The number of ketones is 1. The summed E-state index contributed by atoms with van der Waals surface area (Å²) in [5, 5.41) is 0. The number of Topliss-reactive ketones (excluding diaryl/α,β-unsaturated/α-hetero) is 1. The summed E-state index contributed by atoms with van der Waals surface area (Å²) in [7, 11) is 0. The normalized spacial score (nSPS) is 9.10. The second-order valence-electron chi connectivity index (χ2n) is 4.32. The number of hydrogen-bond donors (Lipinski definition) is 0. The minimum atomic E-state index is -0.333. The van der Waals surface area contributed by atoms with Gasteiger partial charge in [-0.05, 0) is 42.0 Å². The summed E-state index contributed by atoms with van der Waals surface area (Å²) in [5.41, 5.74) is 1.43. The van der Waals surface area contributed by atoms with Gasteiger partial charge in [0, 0.05) is 24.4 Å². The van der Waals surface area contributed by atoms with E-state index in [-0.39, 0.29) is 30.5 Å². The molecule has 1 aromatic carbocycles. The molecule has 0 N–H and O–H groups in total. The van der Waals surface area contributed by atoms with Crippen LogP contribution in [-0.4, -0.2) is 10.8 Å². The number of halogens is 1. The molecule has 21 heavy (non-hydrogen) atoms. The summed E-state index contributed by atoms with van der Waals surface area (Å²) in [6.45, 7) is 5.72. The zero-order valence-electron chi connectivity index (χ0n) is 12.7. The van der Waals surface area contributed by atoms with Crippen molar-refractivity contribution in [3.8, 4) is 0 Å². The van der Waals surface area contributed by atoms with Crippen molar-refractivity contribution in [1.82, 2.24) is 4.98 Å². The van der Waals surface area contributed by atoms with E-state index in [0.29, 0.717) is 12.0 Å².